The lowest BCUT2D eigenvalue weighted by Crippen LogP contribution is -2.39. The predicted octanol–water partition coefficient (Wildman–Crippen LogP) is 3.69. The molecule has 1 N–H and O–H groups in total. The second-order valence-electron chi connectivity index (χ2n) is 7.93. The van der Waals surface area contributed by atoms with E-state index in [2.05, 4.69) is 15.4 Å². The highest BCUT2D eigenvalue weighted by atomic mass is 32.1. The van der Waals surface area contributed by atoms with Crippen molar-refractivity contribution in [3.63, 3.8) is 0 Å². The van der Waals surface area contributed by atoms with Crippen LogP contribution in [0.2, 0.25) is 0 Å². The molecule has 0 radical (unpaired) electrons. The number of nitro groups is 2. The molecule has 1 atom stereocenters. The Morgan fingerprint density at radius 3 is 2.34 bits per heavy atom. The molecule has 188 valence electrons. The van der Waals surface area contributed by atoms with E-state index in [1.807, 2.05) is 0 Å². The van der Waals surface area contributed by atoms with E-state index in [-0.39, 0.29) is 16.5 Å². The summed E-state index contributed by atoms with van der Waals surface area (Å²) in [5.41, 5.74) is -0.883. The summed E-state index contributed by atoms with van der Waals surface area (Å²) >= 11 is 1.14. The molecule has 5 rings (SSSR count). The first kappa shape index (κ1) is 24.3. The molecule has 13 nitrogen and oxygen atoms in total. The second-order valence-corrected chi connectivity index (χ2v) is 8.96. The van der Waals surface area contributed by atoms with Crippen LogP contribution in [0.3, 0.4) is 0 Å². The van der Waals surface area contributed by atoms with Gasteiger partial charge in [0.05, 0.1) is 31.8 Å². The van der Waals surface area contributed by atoms with E-state index in [0.29, 0.717) is 22.2 Å². The summed E-state index contributed by atoms with van der Waals surface area (Å²) in [6.45, 7) is 0. The highest BCUT2D eigenvalue weighted by Crippen LogP contribution is 2.36. The van der Waals surface area contributed by atoms with Gasteiger partial charge in [-0.1, -0.05) is 53.8 Å². The van der Waals surface area contributed by atoms with Gasteiger partial charge in [0.15, 0.2) is 11.0 Å². The van der Waals surface area contributed by atoms with Gasteiger partial charge in [0.1, 0.15) is 5.69 Å². The molecule has 0 saturated carbocycles. The van der Waals surface area contributed by atoms with Crippen LogP contribution >= 0.6 is 11.3 Å². The predicted molar refractivity (Wildman–Crippen MR) is 137 cm³/mol. The van der Waals surface area contributed by atoms with Crippen molar-refractivity contribution in [1.29, 1.82) is 0 Å². The van der Waals surface area contributed by atoms with Crippen molar-refractivity contribution < 1.29 is 24.2 Å². The van der Waals surface area contributed by atoms with Crippen LogP contribution < -0.4 is 10.3 Å². The number of amides is 2. The minimum atomic E-state index is -1.72. The Bertz CT molecular complexity index is 1650. The summed E-state index contributed by atoms with van der Waals surface area (Å²) in [6, 6.07) is 17.8. The zero-order valence-electron chi connectivity index (χ0n) is 19.0. The first-order valence-electron chi connectivity index (χ1n) is 10.9. The molecule has 1 aromatic heterocycles. The number of benzene rings is 3. The molecular formula is C24H14N6O7S. The van der Waals surface area contributed by atoms with Crippen LogP contribution in [0.4, 0.5) is 22.2 Å². The Hall–Kier alpha value is -5.37. The number of aromatic nitrogens is 1. The number of fused-ring (bicyclic) bond motifs is 1. The van der Waals surface area contributed by atoms with Gasteiger partial charge in [0.25, 0.3) is 17.5 Å². The number of hydrogen-bond donors (Lipinski definition) is 1. The Labute approximate surface area is 216 Å². The van der Waals surface area contributed by atoms with Crippen molar-refractivity contribution in [1.82, 2.24) is 4.98 Å². The van der Waals surface area contributed by atoms with E-state index in [1.165, 1.54) is 0 Å². The number of carbonyl (C=O) groups excluding carboxylic acids is 3. The minimum Gasteiger partial charge on any atom is -0.295 e. The van der Waals surface area contributed by atoms with Gasteiger partial charge in [-0.15, -0.1) is 0 Å². The summed E-state index contributed by atoms with van der Waals surface area (Å²) in [5.74, 6) is -5.01. The Kier molecular flexibility index (Phi) is 6.14. The first-order chi connectivity index (χ1) is 18.2. The summed E-state index contributed by atoms with van der Waals surface area (Å²) in [5, 5.41) is 30.1. The monoisotopic (exact) mass is 530 g/mol. The van der Waals surface area contributed by atoms with Crippen LogP contribution in [0.5, 0.6) is 0 Å². The Morgan fingerprint density at radius 2 is 1.66 bits per heavy atom. The zero-order valence-corrected chi connectivity index (χ0v) is 19.8. The molecule has 0 fully saturated rings. The number of hydrogen-bond acceptors (Lipinski definition) is 10. The fourth-order valence-corrected chi connectivity index (χ4v) is 4.72. The summed E-state index contributed by atoms with van der Waals surface area (Å²) < 4.78 is 0.774. The largest absolute Gasteiger partial charge is 0.301 e. The van der Waals surface area contributed by atoms with Crippen molar-refractivity contribution in [3.8, 4) is 0 Å². The summed E-state index contributed by atoms with van der Waals surface area (Å²) in [4.78, 5) is 65.0. The van der Waals surface area contributed by atoms with Gasteiger partial charge in [-0.05, 0) is 23.8 Å². The topological polar surface area (TPSA) is 178 Å². The van der Waals surface area contributed by atoms with Crippen LogP contribution in [-0.2, 0) is 14.4 Å². The molecule has 0 saturated heterocycles. The zero-order chi connectivity index (χ0) is 27.0. The van der Waals surface area contributed by atoms with Crippen molar-refractivity contribution in [2.75, 3.05) is 10.3 Å². The molecule has 0 spiro atoms. The van der Waals surface area contributed by atoms with E-state index in [4.69, 9.17) is 0 Å². The van der Waals surface area contributed by atoms with Crippen molar-refractivity contribution in [3.05, 3.63) is 98.6 Å². The van der Waals surface area contributed by atoms with Crippen LogP contribution in [0, 0.1) is 26.1 Å². The number of thiazole rings is 1. The molecule has 14 heteroatoms. The number of nitro benzene ring substituents is 2. The van der Waals surface area contributed by atoms with Gasteiger partial charge in [-0.25, -0.2) is 4.98 Å². The van der Waals surface area contributed by atoms with E-state index in [0.717, 1.165) is 28.2 Å². The Balaban J connectivity index is 1.52. The van der Waals surface area contributed by atoms with Crippen molar-refractivity contribution in [2.45, 2.75) is 0 Å². The standard InChI is InChI=1S/C24H14N6O7S/c31-21(22(32)26-24-25-15-8-4-5-9-18(15)38-24)19-20(13-6-2-1-3-7-13)27-28(23(19)33)16-11-10-14(29(34)35)12-17(16)30(36)37/h1-12,19H,(H,25,26,32)/t19-/m0/s1. The number of anilines is 2. The molecule has 0 aliphatic carbocycles. The molecule has 38 heavy (non-hydrogen) atoms. The minimum absolute atomic E-state index is 0.104. The number of carbonyl (C=O) groups is 3. The third-order valence-corrected chi connectivity index (χ3v) is 6.55. The van der Waals surface area contributed by atoms with E-state index < -0.39 is 44.7 Å². The third kappa shape index (κ3) is 4.35. The molecule has 2 heterocycles. The second kappa shape index (κ2) is 9.59. The van der Waals surface area contributed by atoms with Gasteiger partial charge in [0.2, 0.25) is 5.78 Å². The Morgan fingerprint density at radius 1 is 0.947 bits per heavy atom. The van der Waals surface area contributed by atoms with E-state index >= 15 is 0 Å². The maximum atomic E-state index is 13.5. The maximum Gasteiger partial charge on any atom is 0.301 e. The number of rotatable bonds is 7. The smallest absolute Gasteiger partial charge is 0.295 e. The van der Waals surface area contributed by atoms with Crippen molar-refractivity contribution in [2.24, 2.45) is 11.0 Å². The number of ketones is 1. The number of nitrogens with one attached hydrogen (secondary N) is 1. The molecule has 4 aromatic rings. The number of hydrazone groups is 1. The molecule has 0 unspecified atom stereocenters. The lowest BCUT2D eigenvalue weighted by atomic mass is 9.92. The van der Waals surface area contributed by atoms with Crippen molar-refractivity contribution >= 4 is 67.1 Å². The molecule has 1 aliphatic heterocycles. The molecule has 0 bridgehead atoms. The number of para-hydroxylation sites is 1. The molecule has 3 aromatic carbocycles. The summed E-state index contributed by atoms with van der Waals surface area (Å²) in [6.07, 6.45) is 0. The van der Waals surface area contributed by atoms with Crippen LogP contribution in [-0.4, -0.2) is 38.1 Å². The average molecular weight is 530 g/mol. The highest BCUT2D eigenvalue weighted by Gasteiger charge is 2.46. The third-order valence-electron chi connectivity index (χ3n) is 5.60. The molecule has 2 amide bonds. The average Bonchev–Trinajstić information content (AvgIpc) is 3.48. The van der Waals surface area contributed by atoms with E-state index in [1.54, 1.807) is 54.6 Å². The van der Waals surface area contributed by atoms with Gasteiger partial charge < -0.3 is 0 Å². The normalized spacial score (nSPS) is 14.8. The van der Waals surface area contributed by atoms with E-state index in [9.17, 15) is 34.6 Å². The summed E-state index contributed by atoms with van der Waals surface area (Å²) in [7, 11) is 0. The van der Waals surface area contributed by atoms with Gasteiger partial charge in [0, 0.05) is 6.07 Å². The molecule has 1 aliphatic rings. The van der Waals surface area contributed by atoms with Gasteiger partial charge >= 0.3 is 5.69 Å². The lowest BCUT2D eigenvalue weighted by molar-refractivity contribution is -0.393. The van der Waals surface area contributed by atoms with Crippen LogP contribution in [0.15, 0.2) is 77.9 Å². The highest BCUT2D eigenvalue weighted by molar-refractivity contribution is 7.22. The molecular weight excluding hydrogens is 516 g/mol. The number of non-ortho nitro benzene ring substituents is 1. The lowest BCUT2D eigenvalue weighted by Gasteiger charge is -2.13. The first-order valence-corrected chi connectivity index (χ1v) is 11.7. The van der Waals surface area contributed by atoms with Crippen LogP contribution in [0.25, 0.3) is 10.2 Å². The maximum absolute atomic E-state index is 13.5. The SMILES string of the molecule is O=C(Nc1nc2ccccc2s1)C(=O)[C@H]1C(=O)N(c2ccc([N+](=O)[O-])cc2[N+](=O)[O-])N=C1c1ccccc1. The van der Waals surface area contributed by atoms with Gasteiger partial charge in [-0.2, -0.15) is 10.1 Å². The van der Waals surface area contributed by atoms with Crippen LogP contribution in [0.1, 0.15) is 5.56 Å². The number of nitrogens with zero attached hydrogens (tertiary/aromatic N) is 5. The fourth-order valence-electron chi connectivity index (χ4n) is 3.86. The fraction of sp³-hybridized carbons (Fsp3) is 0.0417. The number of Topliss-reactive ketones (excluding diaryl/α,β-unsaturated/α-hetero) is 1. The quantitative estimate of drug-likeness (QED) is 0.163. The van der Waals surface area contributed by atoms with Gasteiger partial charge in [-0.3, -0.25) is 39.9 Å².